The molecule has 2 unspecified atom stereocenters. The van der Waals surface area contributed by atoms with Crippen molar-refractivity contribution in [1.29, 1.82) is 0 Å². The molecule has 0 aromatic carbocycles. The number of nitrogens with zero attached hydrogens (tertiary/aromatic N) is 1. The van der Waals surface area contributed by atoms with E-state index in [9.17, 15) is 4.79 Å². The van der Waals surface area contributed by atoms with Crippen molar-refractivity contribution in [2.24, 2.45) is 16.8 Å². The maximum absolute atomic E-state index is 12.1. The van der Waals surface area contributed by atoms with Crippen molar-refractivity contribution in [2.45, 2.75) is 39.7 Å². The van der Waals surface area contributed by atoms with Crippen LogP contribution < -0.4 is 11.1 Å². The van der Waals surface area contributed by atoms with Gasteiger partial charge in [0.15, 0.2) is 5.84 Å². The molecular weight excluding hydrogens is 246 g/mol. The zero-order chi connectivity index (χ0) is 14.4. The lowest BCUT2D eigenvalue weighted by atomic mass is 10.0. The Bertz CT molecular complexity index is 454. The van der Waals surface area contributed by atoms with Crippen molar-refractivity contribution in [2.75, 3.05) is 0 Å². The van der Waals surface area contributed by atoms with Crippen LogP contribution in [0.3, 0.4) is 0 Å². The summed E-state index contributed by atoms with van der Waals surface area (Å²) < 4.78 is 5.45. The number of amidine groups is 1. The number of carbonyl (C=O) groups excluding carboxylic acids is 1. The van der Waals surface area contributed by atoms with Gasteiger partial charge in [-0.2, -0.15) is 0 Å². The number of oxime groups is 1. The van der Waals surface area contributed by atoms with Gasteiger partial charge in [-0.15, -0.1) is 0 Å². The van der Waals surface area contributed by atoms with E-state index in [1.165, 1.54) is 0 Å². The highest BCUT2D eigenvalue weighted by atomic mass is 16.4. The quantitative estimate of drug-likeness (QED) is 0.317. The van der Waals surface area contributed by atoms with Crippen LogP contribution in [0, 0.1) is 12.8 Å². The molecule has 0 aliphatic rings. The summed E-state index contributed by atoms with van der Waals surface area (Å²) in [6, 6.07) is 3.40. The zero-order valence-electron chi connectivity index (χ0n) is 11.5. The fourth-order valence-corrected chi connectivity index (χ4v) is 1.84. The molecule has 2 atom stereocenters. The molecule has 0 aliphatic carbocycles. The Kier molecular flexibility index (Phi) is 5.41. The lowest BCUT2D eigenvalue weighted by molar-refractivity contribution is -0.124. The largest absolute Gasteiger partial charge is 0.464 e. The summed E-state index contributed by atoms with van der Waals surface area (Å²) in [5, 5.41) is 14.4. The van der Waals surface area contributed by atoms with Crippen LogP contribution in [0.15, 0.2) is 21.7 Å². The fraction of sp³-hybridized carbons (Fsp3) is 0.538. The first-order chi connectivity index (χ1) is 8.99. The first-order valence-corrected chi connectivity index (χ1v) is 6.33. The van der Waals surface area contributed by atoms with Gasteiger partial charge in [0, 0.05) is 0 Å². The molecule has 0 aliphatic heterocycles. The lowest BCUT2D eigenvalue weighted by Crippen LogP contribution is -2.39. The maximum Gasteiger partial charge on any atom is 0.231 e. The predicted octanol–water partition coefficient (Wildman–Crippen LogP) is 1.93. The van der Waals surface area contributed by atoms with Crippen LogP contribution in [0.4, 0.5) is 0 Å². The molecule has 6 nitrogen and oxygen atoms in total. The van der Waals surface area contributed by atoms with Crippen molar-refractivity contribution in [3.05, 3.63) is 23.7 Å². The van der Waals surface area contributed by atoms with Gasteiger partial charge in [-0.1, -0.05) is 18.5 Å². The highest BCUT2D eigenvalue weighted by molar-refractivity contribution is 6.02. The van der Waals surface area contributed by atoms with Crippen LogP contribution in [0.1, 0.15) is 44.3 Å². The van der Waals surface area contributed by atoms with Crippen LogP contribution in [0.25, 0.3) is 0 Å². The Morgan fingerprint density at radius 3 is 2.74 bits per heavy atom. The van der Waals surface area contributed by atoms with Gasteiger partial charge < -0.3 is 20.7 Å². The third-order valence-electron chi connectivity index (χ3n) is 2.91. The molecule has 19 heavy (non-hydrogen) atoms. The van der Waals surface area contributed by atoms with E-state index < -0.39 is 5.92 Å². The topological polar surface area (TPSA) is 101 Å². The van der Waals surface area contributed by atoms with E-state index in [1.807, 2.05) is 32.9 Å². The second kappa shape index (κ2) is 6.82. The molecular formula is C13H21N3O3. The van der Waals surface area contributed by atoms with Crippen molar-refractivity contribution >= 4 is 11.7 Å². The fourth-order valence-electron chi connectivity index (χ4n) is 1.84. The van der Waals surface area contributed by atoms with Crippen LogP contribution in [0.5, 0.6) is 0 Å². The number of nitrogens with two attached hydrogens (primary N) is 1. The van der Waals surface area contributed by atoms with Gasteiger partial charge in [0.2, 0.25) is 5.91 Å². The third-order valence-corrected chi connectivity index (χ3v) is 2.91. The number of hydrogen-bond donors (Lipinski definition) is 3. The van der Waals surface area contributed by atoms with Crippen molar-refractivity contribution in [1.82, 2.24) is 5.32 Å². The number of amides is 1. The van der Waals surface area contributed by atoms with Crippen molar-refractivity contribution < 1.29 is 14.4 Å². The molecule has 6 heteroatoms. The summed E-state index contributed by atoms with van der Waals surface area (Å²) in [7, 11) is 0. The minimum Gasteiger partial charge on any atom is -0.464 e. The lowest BCUT2D eigenvalue weighted by Gasteiger charge is -2.17. The second-order valence-corrected chi connectivity index (χ2v) is 4.54. The SMILES string of the molecule is CCCC(C(=O)NC(C)c1ccc(C)o1)C(N)=NO. The van der Waals surface area contributed by atoms with Gasteiger partial charge in [-0.25, -0.2) is 0 Å². The highest BCUT2D eigenvalue weighted by Crippen LogP contribution is 2.17. The van der Waals surface area contributed by atoms with Gasteiger partial charge in [0.05, 0.1) is 12.0 Å². The third kappa shape index (κ3) is 4.01. The molecule has 1 rings (SSSR count). The summed E-state index contributed by atoms with van der Waals surface area (Å²) in [5.74, 6) is 0.521. The summed E-state index contributed by atoms with van der Waals surface area (Å²) in [6.07, 6.45) is 1.30. The molecule has 0 saturated heterocycles. The minimum absolute atomic E-state index is 0.0674. The first-order valence-electron chi connectivity index (χ1n) is 6.33. The van der Waals surface area contributed by atoms with Crippen LogP contribution in [0.2, 0.25) is 0 Å². The maximum atomic E-state index is 12.1. The van der Waals surface area contributed by atoms with E-state index in [0.29, 0.717) is 12.2 Å². The molecule has 0 spiro atoms. The number of aryl methyl sites for hydroxylation is 1. The highest BCUT2D eigenvalue weighted by Gasteiger charge is 2.24. The van der Waals surface area contributed by atoms with Gasteiger partial charge in [-0.3, -0.25) is 4.79 Å². The molecule has 1 aromatic rings. The number of nitrogens with one attached hydrogen (secondary N) is 1. The Hall–Kier alpha value is -1.98. The van der Waals surface area contributed by atoms with Crippen molar-refractivity contribution in [3.63, 3.8) is 0 Å². The van der Waals surface area contributed by atoms with Gasteiger partial charge >= 0.3 is 0 Å². The minimum atomic E-state index is -0.617. The number of carbonyl (C=O) groups is 1. The molecule has 0 radical (unpaired) electrons. The molecule has 1 heterocycles. The molecule has 106 valence electrons. The normalized spacial score (nSPS) is 15.0. The van der Waals surface area contributed by atoms with Gasteiger partial charge in [0.1, 0.15) is 11.5 Å². The average Bonchev–Trinajstić information content (AvgIpc) is 2.81. The van der Waals surface area contributed by atoms with Gasteiger partial charge in [-0.05, 0) is 32.4 Å². The Labute approximate surface area is 112 Å². The number of furan rings is 1. The summed E-state index contributed by atoms with van der Waals surface area (Å²) in [4.78, 5) is 12.1. The summed E-state index contributed by atoms with van der Waals surface area (Å²) >= 11 is 0. The number of rotatable bonds is 6. The van der Waals surface area contributed by atoms with Crippen molar-refractivity contribution in [3.8, 4) is 0 Å². The molecule has 0 fully saturated rings. The van der Waals surface area contributed by atoms with E-state index in [4.69, 9.17) is 15.4 Å². The molecule has 4 N–H and O–H groups in total. The van der Waals surface area contributed by atoms with Gasteiger partial charge in [0.25, 0.3) is 0 Å². The summed E-state index contributed by atoms with van der Waals surface area (Å²) in [5.41, 5.74) is 5.54. The van der Waals surface area contributed by atoms with E-state index in [1.54, 1.807) is 0 Å². The molecule has 1 aromatic heterocycles. The van der Waals surface area contributed by atoms with E-state index in [2.05, 4.69) is 10.5 Å². The van der Waals surface area contributed by atoms with Crippen LogP contribution in [-0.2, 0) is 4.79 Å². The first kappa shape index (κ1) is 15.1. The smallest absolute Gasteiger partial charge is 0.231 e. The van der Waals surface area contributed by atoms with E-state index in [0.717, 1.165) is 12.2 Å². The number of hydrogen-bond acceptors (Lipinski definition) is 4. The Balaban J connectivity index is 2.71. The monoisotopic (exact) mass is 267 g/mol. The van der Waals surface area contributed by atoms with Crippen LogP contribution >= 0.6 is 0 Å². The van der Waals surface area contributed by atoms with E-state index >= 15 is 0 Å². The van der Waals surface area contributed by atoms with Crippen LogP contribution in [-0.4, -0.2) is 17.0 Å². The molecule has 0 saturated carbocycles. The molecule has 0 bridgehead atoms. The average molecular weight is 267 g/mol. The Morgan fingerprint density at radius 1 is 1.58 bits per heavy atom. The Morgan fingerprint density at radius 2 is 2.26 bits per heavy atom. The molecule has 1 amide bonds. The standard InChI is InChI=1S/C13H21N3O3/c1-4-5-10(12(14)16-18)13(17)15-9(3)11-7-6-8(2)19-11/h6-7,9-10,18H,4-5H2,1-3H3,(H2,14,16)(H,15,17). The van der Waals surface area contributed by atoms with E-state index in [-0.39, 0.29) is 17.8 Å². The second-order valence-electron chi connectivity index (χ2n) is 4.54. The predicted molar refractivity (Wildman–Crippen MR) is 71.8 cm³/mol. The summed E-state index contributed by atoms with van der Waals surface area (Å²) in [6.45, 7) is 5.60. The zero-order valence-corrected chi connectivity index (χ0v) is 11.5.